The van der Waals surface area contributed by atoms with Gasteiger partial charge >= 0.3 is 0 Å². The summed E-state index contributed by atoms with van der Waals surface area (Å²) in [5.74, 6) is 0.663. The third-order valence-electron chi connectivity index (χ3n) is 5.08. The molecule has 0 spiro atoms. The molecular weight excluding hydrogens is 404 g/mol. The number of nitrogens with one attached hydrogen (secondary N) is 1. The van der Waals surface area contributed by atoms with Crippen LogP contribution in [0, 0.1) is 13.8 Å². The van der Waals surface area contributed by atoms with E-state index >= 15 is 0 Å². The number of carbonyl (C=O) groups excluding carboxylic acids is 2. The molecule has 166 valence electrons. The number of ether oxygens (including phenoxy) is 2. The molecule has 0 bridgehead atoms. The van der Waals surface area contributed by atoms with Crippen LogP contribution in [-0.4, -0.2) is 43.5 Å². The summed E-state index contributed by atoms with van der Waals surface area (Å²) in [5, 5.41) is 2.88. The third kappa shape index (κ3) is 6.11. The molecule has 0 radical (unpaired) electrons. The molecule has 2 amide bonds. The summed E-state index contributed by atoms with van der Waals surface area (Å²) in [6, 6.07) is 22.2. The Hall–Kier alpha value is -3.80. The molecule has 0 heterocycles. The molecule has 0 aliphatic rings. The van der Waals surface area contributed by atoms with Crippen molar-refractivity contribution in [3.63, 3.8) is 0 Å². The van der Waals surface area contributed by atoms with Crippen molar-refractivity contribution >= 4 is 17.5 Å². The zero-order valence-corrected chi connectivity index (χ0v) is 18.6. The molecule has 32 heavy (non-hydrogen) atoms. The van der Waals surface area contributed by atoms with Crippen LogP contribution < -0.4 is 14.8 Å². The van der Waals surface area contributed by atoms with Crippen LogP contribution in [0.2, 0.25) is 0 Å². The van der Waals surface area contributed by atoms with Crippen LogP contribution >= 0.6 is 0 Å². The Morgan fingerprint density at radius 1 is 0.844 bits per heavy atom. The fourth-order valence-electron chi connectivity index (χ4n) is 3.17. The largest absolute Gasteiger partial charge is 0.490 e. The summed E-state index contributed by atoms with van der Waals surface area (Å²) in [6.07, 6.45) is 0. The molecule has 0 aromatic heterocycles. The molecule has 0 unspecified atom stereocenters. The topological polar surface area (TPSA) is 67.9 Å². The molecule has 0 fully saturated rings. The standard InChI is InChI=1S/C26H28N2O4/c1-19-10-9-14-23(20(19)2)27-25(29)18-28(3)26(30)22-13-7-8-15-24(22)32-17-16-31-21-11-5-4-6-12-21/h4-15H,16-18H2,1-3H3,(H,27,29). The van der Waals surface area contributed by atoms with E-state index in [0.717, 1.165) is 22.6 Å². The molecular formula is C26H28N2O4. The third-order valence-corrected chi connectivity index (χ3v) is 5.08. The molecule has 1 N–H and O–H groups in total. The SMILES string of the molecule is Cc1cccc(NC(=O)CN(C)C(=O)c2ccccc2OCCOc2ccccc2)c1C. The van der Waals surface area contributed by atoms with Crippen molar-refractivity contribution in [3.8, 4) is 11.5 Å². The van der Waals surface area contributed by atoms with Gasteiger partial charge in [0.1, 0.15) is 24.7 Å². The van der Waals surface area contributed by atoms with E-state index in [4.69, 9.17) is 9.47 Å². The van der Waals surface area contributed by atoms with Gasteiger partial charge in [-0.3, -0.25) is 9.59 Å². The number of aryl methyl sites for hydroxylation is 1. The van der Waals surface area contributed by atoms with Crippen LogP contribution in [0.15, 0.2) is 72.8 Å². The normalized spacial score (nSPS) is 10.3. The second kappa shape index (κ2) is 11.0. The minimum atomic E-state index is -0.291. The van der Waals surface area contributed by atoms with Gasteiger partial charge in [-0.2, -0.15) is 0 Å². The van der Waals surface area contributed by atoms with Gasteiger partial charge in [0.25, 0.3) is 5.91 Å². The zero-order chi connectivity index (χ0) is 22.9. The first-order chi connectivity index (χ1) is 15.5. The Bertz CT molecular complexity index is 1070. The molecule has 0 atom stereocenters. The fraction of sp³-hybridized carbons (Fsp3) is 0.231. The molecule has 6 nitrogen and oxygen atoms in total. The molecule has 0 aliphatic carbocycles. The number of amides is 2. The van der Waals surface area contributed by atoms with Gasteiger partial charge in [-0.05, 0) is 55.3 Å². The maximum atomic E-state index is 13.0. The summed E-state index contributed by atoms with van der Waals surface area (Å²) in [7, 11) is 1.60. The number of carbonyl (C=O) groups is 2. The van der Waals surface area contributed by atoms with Crippen molar-refractivity contribution in [1.82, 2.24) is 4.90 Å². The number of hydrogen-bond donors (Lipinski definition) is 1. The maximum absolute atomic E-state index is 13.0. The van der Waals surface area contributed by atoms with E-state index in [1.165, 1.54) is 4.90 Å². The number of likely N-dealkylation sites (N-methyl/N-ethyl adjacent to an activating group) is 1. The Balaban J connectivity index is 1.56. The number of nitrogens with zero attached hydrogens (tertiary/aromatic N) is 1. The Morgan fingerprint density at radius 3 is 2.31 bits per heavy atom. The van der Waals surface area contributed by atoms with Crippen molar-refractivity contribution in [2.45, 2.75) is 13.8 Å². The highest BCUT2D eigenvalue weighted by Crippen LogP contribution is 2.21. The molecule has 0 aliphatic heterocycles. The summed E-state index contributed by atoms with van der Waals surface area (Å²) in [6.45, 7) is 4.51. The monoisotopic (exact) mass is 432 g/mol. The van der Waals surface area contributed by atoms with Gasteiger partial charge in [0, 0.05) is 12.7 Å². The minimum Gasteiger partial charge on any atom is -0.490 e. The number of para-hydroxylation sites is 2. The van der Waals surface area contributed by atoms with E-state index in [1.807, 2.05) is 62.4 Å². The van der Waals surface area contributed by atoms with Crippen LogP contribution in [-0.2, 0) is 4.79 Å². The van der Waals surface area contributed by atoms with E-state index in [9.17, 15) is 9.59 Å². The lowest BCUT2D eigenvalue weighted by atomic mass is 10.1. The van der Waals surface area contributed by atoms with Crippen LogP contribution in [0.4, 0.5) is 5.69 Å². The van der Waals surface area contributed by atoms with Crippen molar-refractivity contribution in [1.29, 1.82) is 0 Å². The molecule has 6 heteroatoms. The predicted molar refractivity (Wildman–Crippen MR) is 125 cm³/mol. The first kappa shape index (κ1) is 22.9. The molecule has 3 rings (SSSR count). The molecule has 0 saturated carbocycles. The van der Waals surface area contributed by atoms with Crippen molar-refractivity contribution < 1.29 is 19.1 Å². The number of hydrogen-bond acceptors (Lipinski definition) is 4. The quantitative estimate of drug-likeness (QED) is 0.507. The van der Waals surface area contributed by atoms with Crippen LogP contribution in [0.25, 0.3) is 0 Å². The Labute approximate surface area is 188 Å². The fourth-order valence-corrected chi connectivity index (χ4v) is 3.17. The van der Waals surface area contributed by atoms with Gasteiger partial charge in [-0.25, -0.2) is 0 Å². The number of rotatable bonds is 9. The average Bonchev–Trinajstić information content (AvgIpc) is 2.80. The predicted octanol–water partition coefficient (Wildman–Crippen LogP) is 4.47. The minimum absolute atomic E-state index is 0.0718. The Kier molecular flexibility index (Phi) is 7.86. The van der Waals surface area contributed by atoms with Crippen molar-refractivity contribution in [2.75, 3.05) is 32.1 Å². The van der Waals surface area contributed by atoms with Crippen LogP contribution in [0.3, 0.4) is 0 Å². The average molecular weight is 433 g/mol. The second-order valence-corrected chi connectivity index (χ2v) is 7.46. The first-order valence-corrected chi connectivity index (χ1v) is 10.5. The lowest BCUT2D eigenvalue weighted by molar-refractivity contribution is -0.116. The highest BCUT2D eigenvalue weighted by Gasteiger charge is 2.19. The number of benzene rings is 3. The number of anilines is 1. The highest BCUT2D eigenvalue weighted by molar-refractivity contribution is 6.01. The van der Waals surface area contributed by atoms with E-state index in [-0.39, 0.29) is 25.0 Å². The smallest absolute Gasteiger partial charge is 0.257 e. The van der Waals surface area contributed by atoms with Gasteiger partial charge in [-0.1, -0.05) is 42.5 Å². The first-order valence-electron chi connectivity index (χ1n) is 10.5. The summed E-state index contributed by atoms with van der Waals surface area (Å²) >= 11 is 0. The van der Waals surface area contributed by atoms with E-state index in [2.05, 4.69) is 5.32 Å². The van der Waals surface area contributed by atoms with Crippen LogP contribution in [0.5, 0.6) is 11.5 Å². The van der Waals surface area contributed by atoms with E-state index in [1.54, 1.807) is 31.3 Å². The van der Waals surface area contributed by atoms with Crippen molar-refractivity contribution in [3.05, 3.63) is 89.5 Å². The summed E-state index contributed by atoms with van der Waals surface area (Å²) in [5.41, 5.74) is 3.24. The maximum Gasteiger partial charge on any atom is 0.257 e. The van der Waals surface area contributed by atoms with Gasteiger partial charge in [-0.15, -0.1) is 0 Å². The zero-order valence-electron chi connectivity index (χ0n) is 18.6. The van der Waals surface area contributed by atoms with Gasteiger partial charge < -0.3 is 19.7 Å². The summed E-state index contributed by atoms with van der Waals surface area (Å²) in [4.78, 5) is 26.8. The van der Waals surface area contributed by atoms with Crippen molar-refractivity contribution in [2.24, 2.45) is 0 Å². The molecule has 3 aromatic rings. The highest BCUT2D eigenvalue weighted by atomic mass is 16.5. The molecule has 3 aromatic carbocycles. The van der Waals surface area contributed by atoms with Gasteiger partial charge in [0.2, 0.25) is 5.91 Å². The Morgan fingerprint density at radius 2 is 1.53 bits per heavy atom. The van der Waals surface area contributed by atoms with Gasteiger partial charge in [0.15, 0.2) is 0 Å². The van der Waals surface area contributed by atoms with E-state index < -0.39 is 0 Å². The molecule has 0 saturated heterocycles. The van der Waals surface area contributed by atoms with Gasteiger partial charge in [0.05, 0.1) is 12.1 Å². The van der Waals surface area contributed by atoms with E-state index in [0.29, 0.717) is 17.9 Å². The lowest BCUT2D eigenvalue weighted by Gasteiger charge is -2.19. The van der Waals surface area contributed by atoms with Crippen LogP contribution in [0.1, 0.15) is 21.5 Å². The lowest BCUT2D eigenvalue weighted by Crippen LogP contribution is -2.35. The second-order valence-electron chi connectivity index (χ2n) is 7.46. The summed E-state index contributed by atoms with van der Waals surface area (Å²) < 4.78 is 11.4.